The number of hydrogen-bond donors (Lipinski definition) is 2. The second kappa shape index (κ2) is 5.34. The molecule has 0 saturated carbocycles. The Kier molecular flexibility index (Phi) is 4.28. The first-order chi connectivity index (χ1) is 8.25. The molecule has 0 aliphatic carbocycles. The smallest absolute Gasteiger partial charge is 0.368 e. The largest absolute Gasteiger partial charge is 0.416 e. The minimum atomic E-state index is -4.68. The zero-order chi connectivity index (χ0) is 13.9. The van der Waals surface area contributed by atoms with Crippen LogP contribution in [0.4, 0.5) is 17.6 Å². The number of rotatable bonds is 4. The lowest BCUT2D eigenvalue weighted by Crippen LogP contribution is -2.33. The average molecular weight is 264 g/mol. The Morgan fingerprint density at radius 1 is 1.39 bits per heavy atom. The van der Waals surface area contributed by atoms with Gasteiger partial charge in [-0.1, -0.05) is 6.92 Å². The van der Waals surface area contributed by atoms with E-state index in [4.69, 9.17) is 5.73 Å². The van der Waals surface area contributed by atoms with Crippen LogP contribution in [0.15, 0.2) is 18.2 Å². The van der Waals surface area contributed by atoms with Gasteiger partial charge in [0.1, 0.15) is 11.9 Å². The van der Waals surface area contributed by atoms with Crippen molar-refractivity contribution < 1.29 is 22.4 Å². The average Bonchev–Trinajstić information content (AvgIpc) is 2.23. The molecule has 0 radical (unpaired) electrons. The van der Waals surface area contributed by atoms with Crippen LogP contribution in [0.3, 0.4) is 0 Å². The first-order valence-electron chi connectivity index (χ1n) is 5.16. The van der Waals surface area contributed by atoms with E-state index in [2.05, 4.69) is 5.32 Å². The van der Waals surface area contributed by atoms with Gasteiger partial charge in [0.05, 0.1) is 5.56 Å². The summed E-state index contributed by atoms with van der Waals surface area (Å²) in [5.74, 6) is -1.93. The highest BCUT2D eigenvalue weighted by atomic mass is 19.4. The predicted octanol–water partition coefficient (Wildman–Crippen LogP) is 1.98. The molecule has 1 unspecified atom stereocenters. The van der Waals surface area contributed by atoms with Crippen molar-refractivity contribution in [2.24, 2.45) is 5.73 Å². The molecule has 0 fully saturated rings. The van der Waals surface area contributed by atoms with Crippen molar-refractivity contribution >= 4 is 5.91 Å². The third-order valence-electron chi connectivity index (χ3n) is 2.27. The molecule has 1 rings (SSSR count). The van der Waals surface area contributed by atoms with Crippen molar-refractivity contribution in [1.29, 1.82) is 0 Å². The molecule has 0 saturated heterocycles. The SMILES string of the molecule is CCNC(C(N)=O)c1cc(F)cc(C(F)(F)F)c1. The molecule has 3 N–H and O–H groups in total. The number of amides is 1. The highest BCUT2D eigenvalue weighted by Crippen LogP contribution is 2.31. The van der Waals surface area contributed by atoms with Crippen LogP contribution in [0.25, 0.3) is 0 Å². The summed E-state index contributed by atoms with van der Waals surface area (Å²) in [6.07, 6.45) is -4.68. The fourth-order valence-electron chi connectivity index (χ4n) is 1.53. The molecule has 0 aliphatic heterocycles. The molecule has 3 nitrogen and oxygen atoms in total. The van der Waals surface area contributed by atoms with Crippen molar-refractivity contribution in [2.75, 3.05) is 6.54 Å². The van der Waals surface area contributed by atoms with Gasteiger partial charge in [0.25, 0.3) is 0 Å². The van der Waals surface area contributed by atoms with Crippen LogP contribution < -0.4 is 11.1 Å². The molecule has 0 aromatic heterocycles. The Labute approximate surface area is 101 Å². The second-order valence-corrected chi connectivity index (χ2v) is 3.66. The van der Waals surface area contributed by atoms with Crippen molar-refractivity contribution in [3.05, 3.63) is 35.1 Å². The molecule has 1 amide bonds. The molecule has 18 heavy (non-hydrogen) atoms. The van der Waals surface area contributed by atoms with Crippen LogP contribution >= 0.6 is 0 Å². The molecule has 100 valence electrons. The van der Waals surface area contributed by atoms with Gasteiger partial charge in [-0.25, -0.2) is 4.39 Å². The summed E-state index contributed by atoms with van der Waals surface area (Å²) in [5, 5.41) is 2.60. The van der Waals surface area contributed by atoms with Gasteiger partial charge in [-0.05, 0) is 30.3 Å². The number of benzene rings is 1. The quantitative estimate of drug-likeness (QED) is 0.817. The van der Waals surface area contributed by atoms with Gasteiger partial charge in [-0.3, -0.25) is 4.79 Å². The summed E-state index contributed by atoms with van der Waals surface area (Å²) in [6, 6.07) is 0.786. The number of halogens is 4. The van der Waals surface area contributed by atoms with E-state index in [1.165, 1.54) is 0 Å². The van der Waals surface area contributed by atoms with Crippen molar-refractivity contribution in [2.45, 2.75) is 19.1 Å². The Morgan fingerprint density at radius 2 is 2.00 bits per heavy atom. The van der Waals surface area contributed by atoms with E-state index in [-0.39, 0.29) is 5.56 Å². The van der Waals surface area contributed by atoms with Crippen LogP contribution in [0.5, 0.6) is 0 Å². The zero-order valence-electron chi connectivity index (χ0n) is 9.51. The van der Waals surface area contributed by atoms with E-state index in [0.717, 1.165) is 6.07 Å². The van der Waals surface area contributed by atoms with Gasteiger partial charge < -0.3 is 11.1 Å². The highest BCUT2D eigenvalue weighted by Gasteiger charge is 2.32. The van der Waals surface area contributed by atoms with Crippen LogP contribution in [-0.4, -0.2) is 12.5 Å². The molecule has 0 aliphatic rings. The third kappa shape index (κ3) is 3.43. The van der Waals surface area contributed by atoms with E-state index >= 15 is 0 Å². The first kappa shape index (κ1) is 14.4. The highest BCUT2D eigenvalue weighted by molar-refractivity contribution is 5.81. The molecule has 1 atom stereocenters. The zero-order valence-corrected chi connectivity index (χ0v) is 9.51. The molecule has 1 aromatic rings. The Morgan fingerprint density at radius 3 is 2.44 bits per heavy atom. The van der Waals surface area contributed by atoms with Crippen LogP contribution in [-0.2, 0) is 11.0 Å². The number of carbonyl (C=O) groups is 1. The maximum absolute atomic E-state index is 13.1. The van der Waals surface area contributed by atoms with Gasteiger partial charge in [-0.15, -0.1) is 0 Å². The number of likely N-dealkylation sites (N-methyl/N-ethyl adjacent to an activating group) is 1. The number of alkyl halides is 3. The molecule has 0 heterocycles. The van der Waals surface area contributed by atoms with Crippen molar-refractivity contribution in [3.63, 3.8) is 0 Å². The Balaban J connectivity index is 3.23. The van der Waals surface area contributed by atoms with Crippen LogP contribution in [0.1, 0.15) is 24.1 Å². The van der Waals surface area contributed by atoms with Crippen LogP contribution in [0, 0.1) is 5.82 Å². The monoisotopic (exact) mass is 264 g/mol. The lowest BCUT2D eigenvalue weighted by atomic mass is 10.0. The summed E-state index contributed by atoms with van der Waals surface area (Å²) < 4.78 is 50.6. The molecule has 1 aromatic carbocycles. The fourth-order valence-corrected chi connectivity index (χ4v) is 1.53. The minimum Gasteiger partial charge on any atom is -0.368 e. The maximum atomic E-state index is 13.1. The second-order valence-electron chi connectivity index (χ2n) is 3.66. The summed E-state index contributed by atoms with van der Waals surface area (Å²) in [4.78, 5) is 11.1. The standard InChI is InChI=1S/C11H12F4N2O/c1-2-17-9(10(16)18)6-3-7(11(13,14)15)5-8(12)4-6/h3-5,9,17H,2H2,1H3,(H2,16,18). The molecule has 7 heteroatoms. The third-order valence-corrected chi connectivity index (χ3v) is 2.27. The van der Waals surface area contributed by atoms with E-state index in [0.29, 0.717) is 18.7 Å². The van der Waals surface area contributed by atoms with Crippen molar-refractivity contribution in [3.8, 4) is 0 Å². The number of primary amides is 1. The van der Waals surface area contributed by atoms with E-state index in [1.807, 2.05) is 0 Å². The Hall–Kier alpha value is -1.63. The number of nitrogens with two attached hydrogens (primary N) is 1. The van der Waals surface area contributed by atoms with Gasteiger partial charge >= 0.3 is 6.18 Å². The molecule has 0 bridgehead atoms. The lowest BCUT2D eigenvalue weighted by molar-refractivity contribution is -0.138. The van der Waals surface area contributed by atoms with Gasteiger partial charge in [0.2, 0.25) is 5.91 Å². The van der Waals surface area contributed by atoms with E-state index < -0.39 is 29.5 Å². The van der Waals surface area contributed by atoms with Gasteiger partial charge in [0, 0.05) is 0 Å². The normalized spacial score (nSPS) is 13.4. The summed E-state index contributed by atoms with van der Waals surface area (Å²) >= 11 is 0. The number of nitrogens with one attached hydrogen (secondary N) is 1. The predicted molar refractivity (Wildman–Crippen MR) is 57.0 cm³/mol. The summed E-state index contributed by atoms with van der Waals surface area (Å²) in [5.41, 5.74) is 3.77. The molecular formula is C11H12F4N2O. The summed E-state index contributed by atoms with van der Waals surface area (Å²) in [6.45, 7) is 1.96. The Bertz CT molecular complexity index is 445. The number of hydrogen-bond acceptors (Lipinski definition) is 2. The number of carbonyl (C=O) groups excluding carboxylic acids is 1. The maximum Gasteiger partial charge on any atom is 0.416 e. The van der Waals surface area contributed by atoms with Crippen molar-refractivity contribution in [1.82, 2.24) is 5.32 Å². The summed E-state index contributed by atoms with van der Waals surface area (Å²) in [7, 11) is 0. The molecular weight excluding hydrogens is 252 g/mol. The van der Waals surface area contributed by atoms with E-state index in [9.17, 15) is 22.4 Å². The molecule has 0 spiro atoms. The topological polar surface area (TPSA) is 55.1 Å². The first-order valence-corrected chi connectivity index (χ1v) is 5.16. The van der Waals surface area contributed by atoms with Gasteiger partial charge in [0.15, 0.2) is 0 Å². The fraction of sp³-hybridized carbons (Fsp3) is 0.364. The van der Waals surface area contributed by atoms with Gasteiger partial charge in [-0.2, -0.15) is 13.2 Å². The lowest BCUT2D eigenvalue weighted by Gasteiger charge is -2.16. The van der Waals surface area contributed by atoms with E-state index in [1.54, 1.807) is 6.92 Å². The minimum absolute atomic E-state index is 0.142. The van der Waals surface area contributed by atoms with Crippen LogP contribution in [0.2, 0.25) is 0 Å².